The van der Waals surface area contributed by atoms with Crippen molar-refractivity contribution in [2.24, 2.45) is 5.73 Å². The molecule has 46 heavy (non-hydrogen) atoms. The Morgan fingerprint density at radius 2 is 1.33 bits per heavy atom. The highest BCUT2D eigenvalue weighted by Crippen LogP contribution is 2.31. The lowest BCUT2D eigenvalue weighted by molar-refractivity contribution is -0.385. The molecule has 0 atom stereocenters. The van der Waals surface area contributed by atoms with Gasteiger partial charge in [0.15, 0.2) is 20.6 Å². The summed E-state index contributed by atoms with van der Waals surface area (Å²) in [6.45, 7) is 0.981. The number of nitrogens with two attached hydrogens (primary N) is 1. The number of para-hydroxylation sites is 3. The van der Waals surface area contributed by atoms with Gasteiger partial charge in [-0.25, -0.2) is 16.8 Å². The lowest BCUT2D eigenvalue weighted by Gasteiger charge is -2.05. The second-order valence-electron chi connectivity index (χ2n) is 8.96. The number of halogens is 2. The molecular formula is C30H30Cl2N4O8S2. The molecule has 5 rings (SSSR count). The molecular weight excluding hydrogens is 679 g/mol. The minimum atomic E-state index is -3.66. The molecule has 0 aliphatic carbocycles. The average Bonchev–Trinajstić information content (AvgIpc) is 3.54. The number of nitro groups is 1. The van der Waals surface area contributed by atoms with E-state index in [9.17, 15) is 26.9 Å². The van der Waals surface area contributed by atoms with E-state index in [1.807, 2.05) is 0 Å². The van der Waals surface area contributed by atoms with Gasteiger partial charge >= 0.3 is 5.69 Å². The summed E-state index contributed by atoms with van der Waals surface area (Å²) in [4.78, 5) is 10.5. The van der Waals surface area contributed by atoms with Crippen LogP contribution in [0.3, 0.4) is 0 Å². The van der Waals surface area contributed by atoms with Crippen LogP contribution in [-0.2, 0) is 19.7 Å². The van der Waals surface area contributed by atoms with Gasteiger partial charge in [0.2, 0.25) is 9.84 Å². The van der Waals surface area contributed by atoms with E-state index in [2.05, 4.69) is 10.2 Å². The molecule has 0 bridgehead atoms. The maximum Gasteiger partial charge on any atom is 0.310 e. The number of aromatic nitrogens is 2. The molecule has 244 valence electrons. The number of alkyl halides is 2. The zero-order valence-corrected chi connectivity index (χ0v) is 27.3. The van der Waals surface area contributed by atoms with Crippen LogP contribution in [0, 0.1) is 10.1 Å². The number of sulfone groups is 2. The second-order valence-corrected chi connectivity index (χ2v) is 13.8. The first kappa shape index (κ1) is 36.3. The van der Waals surface area contributed by atoms with Gasteiger partial charge in [0.1, 0.15) is 29.7 Å². The highest BCUT2D eigenvalue weighted by Gasteiger charge is 2.24. The highest BCUT2D eigenvalue weighted by molar-refractivity contribution is 7.92. The third-order valence-corrected chi connectivity index (χ3v) is 9.89. The lowest BCUT2D eigenvalue weighted by atomic mass is 10.2. The van der Waals surface area contributed by atoms with Gasteiger partial charge in [-0.2, -0.15) is 5.10 Å². The standard InChI is InChI=1S/C15H15N3O3S.C8H8ClNO3.C7H7ClO2S/c16-9-10-21-13-8-4-7-12-14(13)17-18-15(12)22(19,20)11-5-2-1-3-6-11;9-5-6-13-8-4-2-1-3-7(8)10(11)12;8-6-11(9,10)7-4-2-1-3-5-7/h1-8H,9-10,16H2,(H,17,18);1-4H,5-6H2;1-5H,6H2. The molecule has 0 fully saturated rings. The number of hydrogen-bond acceptors (Lipinski definition) is 10. The van der Waals surface area contributed by atoms with Gasteiger partial charge in [0, 0.05) is 18.0 Å². The first-order chi connectivity index (χ1) is 22.1. The Morgan fingerprint density at radius 1 is 0.761 bits per heavy atom. The van der Waals surface area contributed by atoms with Crippen molar-refractivity contribution in [2.75, 3.05) is 30.9 Å². The summed E-state index contributed by atoms with van der Waals surface area (Å²) in [5.41, 5.74) is 5.86. The molecule has 0 amide bonds. The molecule has 0 saturated heterocycles. The fourth-order valence-corrected chi connectivity index (χ4v) is 6.29. The van der Waals surface area contributed by atoms with Crippen LogP contribution in [0.1, 0.15) is 0 Å². The number of benzene rings is 4. The third kappa shape index (κ3) is 9.64. The van der Waals surface area contributed by atoms with Crippen LogP contribution in [0.15, 0.2) is 118 Å². The quantitative estimate of drug-likeness (QED) is 0.0994. The van der Waals surface area contributed by atoms with Crippen molar-refractivity contribution in [2.45, 2.75) is 14.8 Å². The molecule has 3 N–H and O–H groups in total. The van der Waals surface area contributed by atoms with E-state index in [-0.39, 0.29) is 38.1 Å². The van der Waals surface area contributed by atoms with E-state index in [0.717, 1.165) is 0 Å². The number of aromatic amines is 1. The minimum absolute atomic E-state index is 0.0346. The summed E-state index contributed by atoms with van der Waals surface area (Å²) in [6, 6.07) is 27.7. The molecule has 16 heteroatoms. The summed E-state index contributed by atoms with van der Waals surface area (Å²) in [6.07, 6.45) is 0. The van der Waals surface area contributed by atoms with Crippen LogP contribution in [0.4, 0.5) is 5.69 Å². The smallest absolute Gasteiger partial charge is 0.310 e. The summed E-state index contributed by atoms with van der Waals surface area (Å²) in [5, 5.41) is 17.4. The highest BCUT2D eigenvalue weighted by atomic mass is 35.5. The maximum absolute atomic E-state index is 12.7. The molecule has 0 aliphatic heterocycles. The molecule has 12 nitrogen and oxygen atoms in total. The first-order valence-corrected chi connectivity index (χ1v) is 17.6. The molecule has 0 saturated carbocycles. The zero-order valence-electron chi connectivity index (χ0n) is 24.2. The minimum Gasteiger partial charge on any atom is -0.490 e. The second kappa shape index (κ2) is 17.5. The van der Waals surface area contributed by atoms with Gasteiger partial charge in [-0.15, -0.1) is 23.2 Å². The number of nitrogens with zero attached hydrogens (tertiary/aromatic N) is 2. The van der Waals surface area contributed by atoms with Gasteiger partial charge in [0.05, 0.1) is 20.6 Å². The monoisotopic (exact) mass is 708 g/mol. The summed E-state index contributed by atoms with van der Waals surface area (Å²) in [5.74, 6) is 1.08. The Morgan fingerprint density at radius 3 is 1.91 bits per heavy atom. The van der Waals surface area contributed by atoms with E-state index in [0.29, 0.717) is 35.7 Å². The fraction of sp³-hybridized carbons (Fsp3) is 0.167. The van der Waals surface area contributed by atoms with Crippen LogP contribution in [0.2, 0.25) is 0 Å². The van der Waals surface area contributed by atoms with Gasteiger partial charge in [-0.1, -0.05) is 54.6 Å². The van der Waals surface area contributed by atoms with Crippen LogP contribution >= 0.6 is 23.2 Å². The normalized spacial score (nSPS) is 11.0. The molecule has 1 heterocycles. The van der Waals surface area contributed by atoms with E-state index in [1.165, 1.54) is 18.2 Å². The predicted octanol–water partition coefficient (Wildman–Crippen LogP) is 5.60. The van der Waals surface area contributed by atoms with Crippen LogP contribution in [0.25, 0.3) is 10.9 Å². The molecule has 0 spiro atoms. The van der Waals surface area contributed by atoms with Gasteiger partial charge in [-0.3, -0.25) is 15.2 Å². The van der Waals surface area contributed by atoms with Crippen molar-refractivity contribution in [3.05, 3.63) is 113 Å². The topological polar surface area (TPSA) is 185 Å². The Kier molecular flexibility index (Phi) is 13.8. The molecule has 0 aliphatic rings. The Labute approximate surface area is 276 Å². The molecule has 5 aromatic rings. The predicted molar refractivity (Wildman–Crippen MR) is 176 cm³/mol. The van der Waals surface area contributed by atoms with Crippen LogP contribution in [-0.4, -0.2) is 62.8 Å². The van der Waals surface area contributed by atoms with Crippen LogP contribution < -0.4 is 15.2 Å². The fourth-order valence-electron chi connectivity index (χ4n) is 3.76. The zero-order chi connectivity index (χ0) is 33.6. The van der Waals surface area contributed by atoms with E-state index in [1.54, 1.807) is 84.9 Å². The van der Waals surface area contributed by atoms with Crippen molar-refractivity contribution in [3.8, 4) is 11.5 Å². The summed E-state index contributed by atoms with van der Waals surface area (Å²) in [7, 11) is -6.89. The number of ether oxygens (including phenoxy) is 2. The first-order valence-electron chi connectivity index (χ1n) is 13.4. The molecule has 0 radical (unpaired) electrons. The SMILES string of the molecule is NCCOc1cccc2c(S(=O)(=O)c3ccccc3)[nH]nc12.O=S(=O)(CCl)c1ccccc1.O=[N+]([O-])c1ccccc1OCCCl. The maximum atomic E-state index is 12.7. The van der Waals surface area contributed by atoms with E-state index < -0.39 is 24.6 Å². The van der Waals surface area contributed by atoms with Crippen molar-refractivity contribution in [3.63, 3.8) is 0 Å². The van der Waals surface area contributed by atoms with E-state index >= 15 is 0 Å². The van der Waals surface area contributed by atoms with Gasteiger partial charge in [0.25, 0.3) is 0 Å². The Bertz CT molecular complexity index is 1930. The molecule has 1 aromatic heterocycles. The number of rotatable bonds is 11. The lowest BCUT2D eigenvalue weighted by Crippen LogP contribution is -2.10. The average molecular weight is 710 g/mol. The van der Waals surface area contributed by atoms with Crippen molar-refractivity contribution >= 4 is 59.5 Å². The summed E-state index contributed by atoms with van der Waals surface area (Å²) < 4.78 is 58.1. The number of fused-ring (bicyclic) bond motifs is 1. The number of hydrogen-bond donors (Lipinski definition) is 2. The van der Waals surface area contributed by atoms with Crippen molar-refractivity contribution < 1.29 is 31.2 Å². The molecule has 4 aromatic carbocycles. The third-order valence-electron chi connectivity index (χ3n) is 5.85. The Balaban J connectivity index is 0.000000205. The molecule has 0 unspecified atom stereocenters. The van der Waals surface area contributed by atoms with Gasteiger partial charge < -0.3 is 15.2 Å². The largest absolute Gasteiger partial charge is 0.490 e. The number of nitrogens with one attached hydrogen (secondary N) is 1. The summed E-state index contributed by atoms with van der Waals surface area (Å²) >= 11 is 10.6. The Hall–Kier alpha value is -4.21. The van der Waals surface area contributed by atoms with Crippen molar-refractivity contribution in [1.29, 1.82) is 0 Å². The van der Waals surface area contributed by atoms with Gasteiger partial charge in [-0.05, 0) is 42.5 Å². The number of H-pyrrole nitrogens is 1. The van der Waals surface area contributed by atoms with E-state index in [4.69, 9.17) is 38.4 Å². The van der Waals surface area contributed by atoms with Crippen molar-refractivity contribution in [1.82, 2.24) is 10.2 Å². The van der Waals surface area contributed by atoms with Crippen LogP contribution in [0.5, 0.6) is 11.5 Å². The number of nitro benzene ring substituents is 1.